The van der Waals surface area contributed by atoms with Crippen molar-refractivity contribution in [3.8, 4) is 139 Å². The summed E-state index contributed by atoms with van der Waals surface area (Å²) in [6.07, 6.45) is 0. The highest BCUT2D eigenvalue weighted by atomic mass is 15.0. The lowest BCUT2D eigenvalue weighted by Crippen LogP contribution is -2.14. The molecule has 0 unspecified atom stereocenters. The van der Waals surface area contributed by atoms with Crippen LogP contribution in [0.4, 0.5) is 0 Å². The van der Waals surface area contributed by atoms with E-state index in [1.807, 2.05) is 0 Å². The maximum Gasteiger partial charge on any atom is 0.0547 e. The van der Waals surface area contributed by atoms with Crippen molar-refractivity contribution in [1.29, 1.82) is 0 Å². The third-order valence-corrected chi connectivity index (χ3v) is 29.8. The Morgan fingerprint density at radius 1 is 0.159 bits per heavy atom. The molecule has 0 N–H and O–H groups in total. The number of hydrogen-bond acceptors (Lipinski definition) is 0. The fourth-order valence-corrected chi connectivity index (χ4v) is 24.1. The SMILES string of the molecule is CC1(C)c2ccccc2-c2c1ccc1c2c2ccccc2n1-c1ccc(-c2ccc3c(c2)-c2cccc4cccc-3c24)cc1.CC1(C)c2ccccc2-c2c1ccc1c2c2ccccc2n1-c1ccc2c(c1)-c1cccc3cccc-2c13.CC1(C)c2ccccc2-c2c1ccc1c2c2ccccc2n1-c1cccc(-c2ccc3c(c2)-c2cccc4cccc-3c24)c1. The van der Waals surface area contributed by atoms with E-state index < -0.39 is 0 Å². The molecule has 0 aliphatic heterocycles. The second-order valence-electron chi connectivity index (χ2n) is 37.2. The fourth-order valence-electron chi connectivity index (χ4n) is 24.1. The molecule has 0 amide bonds. The predicted octanol–water partition coefficient (Wildman–Crippen LogP) is 33.0. The molecule has 6 aliphatic carbocycles. The molecule has 0 bridgehead atoms. The van der Waals surface area contributed by atoms with Gasteiger partial charge >= 0.3 is 0 Å². The molecule has 0 saturated carbocycles. The minimum atomic E-state index is -0.0270. The number of aromatic nitrogens is 3. The summed E-state index contributed by atoms with van der Waals surface area (Å²) in [5, 5.41) is 16.1. The molecule has 3 aromatic heterocycles. The monoisotopic (exact) mass is 1600 g/mol. The first-order valence-electron chi connectivity index (χ1n) is 44.5. The van der Waals surface area contributed by atoms with Crippen LogP contribution in [0.1, 0.15) is 74.9 Å². The molecule has 29 rings (SSSR count). The van der Waals surface area contributed by atoms with Gasteiger partial charge in [-0.3, -0.25) is 0 Å². The van der Waals surface area contributed by atoms with Gasteiger partial charge in [0.25, 0.3) is 0 Å². The molecule has 3 nitrogen and oxygen atoms in total. The van der Waals surface area contributed by atoms with Crippen molar-refractivity contribution in [2.45, 2.75) is 57.8 Å². The van der Waals surface area contributed by atoms with Gasteiger partial charge < -0.3 is 13.7 Å². The summed E-state index contributed by atoms with van der Waals surface area (Å²) in [5.41, 5.74) is 48.8. The van der Waals surface area contributed by atoms with Crippen molar-refractivity contribution < 1.29 is 0 Å². The molecular weight excluding hydrogens is 1520 g/mol. The van der Waals surface area contributed by atoms with Crippen molar-refractivity contribution in [2.75, 3.05) is 0 Å². The lowest BCUT2D eigenvalue weighted by Gasteiger charge is -2.21. The summed E-state index contributed by atoms with van der Waals surface area (Å²) in [6.45, 7) is 14.2. The van der Waals surface area contributed by atoms with Crippen molar-refractivity contribution in [2.24, 2.45) is 0 Å². The Labute approximate surface area is 731 Å². The van der Waals surface area contributed by atoms with E-state index in [4.69, 9.17) is 0 Å². The highest BCUT2D eigenvalue weighted by Crippen LogP contribution is 2.59. The van der Waals surface area contributed by atoms with Crippen LogP contribution in [0.5, 0.6) is 0 Å². The van der Waals surface area contributed by atoms with Crippen LogP contribution in [0, 0.1) is 0 Å². The van der Waals surface area contributed by atoms with Gasteiger partial charge in [0.05, 0.1) is 33.1 Å². The maximum absolute atomic E-state index is 2.47. The van der Waals surface area contributed by atoms with Crippen LogP contribution in [0.2, 0.25) is 0 Å². The van der Waals surface area contributed by atoms with Gasteiger partial charge in [-0.1, -0.05) is 351 Å². The number of nitrogens with zero attached hydrogens (tertiary/aromatic N) is 3. The van der Waals surface area contributed by atoms with Crippen molar-refractivity contribution in [3.63, 3.8) is 0 Å². The molecule has 0 atom stereocenters. The minimum absolute atomic E-state index is 0.0126. The maximum atomic E-state index is 2.47. The van der Waals surface area contributed by atoms with E-state index in [0.29, 0.717) is 0 Å². The molecule has 0 spiro atoms. The Kier molecular flexibility index (Phi) is 14.6. The van der Waals surface area contributed by atoms with Crippen molar-refractivity contribution >= 4 is 97.7 Å². The first-order chi connectivity index (χ1) is 61.8. The number of fused-ring (bicyclic) bond motifs is 30. The van der Waals surface area contributed by atoms with Gasteiger partial charge in [-0.15, -0.1) is 0 Å². The zero-order valence-corrected chi connectivity index (χ0v) is 70.9. The zero-order chi connectivity index (χ0) is 83.5. The average Bonchev–Trinajstić information content (AvgIpc) is 1.54. The number of hydrogen-bond donors (Lipinski definition) is 0. The van der Waals surface area contributed by atoms with Crippen LogP contribution in [0.3, 0.4) is 0 Å². The number of para-hydroxylation sites is 3. The third-order valence-electron chi connectivity index (χ3n) is 29.8. The molecule has 20 aromatic carbocycles. The second-order valence-corrected chi connectivity index (χ2v) is 37.2. The van der Waals surface area contributed by atoms with Gasteiger partial charge in [-0.2, -0.15) is 0 Å². The number of benzene rings is 20. The summed E-state index contributed by atoms with van der Waals surface area (Å²) in [5.74, 6) is 0. The van der Waals surface area contributed by atoms with Crippen molar-refractivity contribution in [3.05, 3.63) is 428 Å². The highest BCUT2D eigenvalue weighted by Gasteiger charge is 2.41. The van der Waals surface area contributed by atoms with E-state index in [2.05, 4.69) is 450 Å². The topological polar surface area (TPSA) is 14.8 Å². The zero-order valence-electron chi connectivity index (χ0n) is 70.9. The molecule has 0 saturated heterocycles. The first kappa shape index (κ1) is 71.2. The summed E-state index contributed by atoms with van der Waals surface area (Å²) in [4.78, 5) is 0. The molecular formula is C123H83N3. The Bertz CT molecular complexity index is 8790. The minimum Gasteiger partial charge on any atom is -0.309 e. The van der Waals surface area contributed by atoms with Gasteiger partial charge in [0.1, 0.15) is 0 Å². The third kappa shape index (κ3) is 9.67. The molecule has 0 fully saturated rings. The summed E-state index contributed by atoms with van der Waals surface area (Å²) in [7, 11) is 0. The molecule has 3 heterocycles. The Morgan fingerprint density at radius 2 is 0.444 bits per heavy atom. The number of rotatable bonds is 5. The lowest BCUT2D eigenvalue weighted by atomic mass is 9.82. The van der Waals surface area contributed by atoms with Crippen molar-refractivity contribution in [1.82, 2.24) is 13.7 Å². The normalized spacial score (nSPS) is 14.0. The highest BCUT2D eigenvalue weighted by molar-refractivity contribution is 6.23. The average molecular weight is 1600 g/mol. The van der Waals surface area contributed by atoms with E-state index in [1.54, 1.807) is 0 Å². The van der Waals surface area contributed by atoms with E-state index in [1.165, 1.54) is 271 Å². The van der Waals surface area contributed by atoms with E-state index >= 15 is 0 Å². The Balaban J connectivity index is 0.0000000986. The van der Waals surface area contributed by atoms with Crippen LogP contribution in [0.25, 0.3) is 237 Å². The van der Waals surface area contributed by atoms with Gasteiger partial charge in [-0.05, 0) is 273 Å². The van der Waals surface area contributed by atoms with Gasteiger partial charge in [0, 0.05) is 65.6 Å². The first-order valence-corrected chi connectivity index (χ1v) is 44.5. The molecule has 126 heavy (non-hydrogen) atoms. The van der Waals surface area contributed by atoms with E-state index in [-0.39, 0.29) is 16.2 Å². The summed E-state index contributed by atoms with van der Waals surface area (Å²) >= 11 is 0. The molecule has 6 aliphatic rings. The van der Waals surface area contributed by atoms with Gasteiger partial charge in [0.2, 0.25) is 0 Å². The molecule has 3 heteroatoms. The van der Waals surface area contributed by atoms with Crippen LogP contribution < -0.4 is 0 Å². The quantitative estimate of drug-likeness (QED) is 0.163. The second kappa shape index (κ2) is 25.8. The van der Waals surface area contributed by atoms with Gasteiger partial charge in [0.15, 0.2) is 0 Å². The standard InChI is InChI=1S/2C43H29N.C37H25N/c1-43(2)36-18-5-3-14-33(36)41-37(43)22-23-39-42(41)34-15-4-6-19-38(34)44(39)29-13-7-12-27(24-29)28-20-21-30-31-16-8-10-26-11-9-17-32(40(26)31)35(30)25-28;1-43(2)36-15-5-3-11-33(36)41-37(43)23-24-39-42(41)34-12-4-6-16-38(34)44(39)29-20-17-26(18-21-29)28-19-22-30-31-13-7-9-27-10-8-14-32(40(27)31)35(30)25-28;1-37(2)30-15-5-3-11-27(30)35-31(37)19-20-33-36(35)28-12-4-6-16-32(28)38(33)23-17-18-24-25-13-7-9-22-10-8-14-26(34(22)25)29(24)21-23/h2*3-25H,1-2H3;3-21H,1-2H3. The summed E-state index contributed by atoms with van der Waals surface area (Å²) in [6, 6.07) is 147. The van der Waals surface area contributed by atoms with E-state index in [0.717, 1.165) is 0 Å². The van der Waals surface area contributed by atoms with E-state index in [9.17, 15) is 0 Å². The smallest absolute Gasteiger partial charge is 0.0547 e. The Morgan fingerprint density at radius 3 is 0.841 bits per heavy atom. The molecule has 23 aromatic rings. The fraction of sp³-hybridized carbons (Fsp3) is 0.0732. The van der Waals surface area contributed by atoms with Crippen LogP contribution >= 0.6 is 0 Å². The molecule has 590 valence electrons. The van der Waals surface area contributed by atoms with Crippen LogP contribution in [-0.4, -0.2) is 13.7 Å². The predicted molar refractivity (Wildman–Crippen MR) is 532 cm³/mol. The largest absolute Gasteiger partial charge is 0.309 e. The van der Waals surface area contributed by atoms with Crippen LogP contribution in [0.15, 0.2) is 394 Å². The summed E-state index contributed by atoms with van der Waals surface area (Å²) < 4.78 is 7.39. The molecule has 0 radical (unpaired) electrons. The lowest BCUT2D eigenvalue weighted by molar-refractivity contribution is 0.660. The van der Waals surface area contributed by atoms with Crippen LogP contribution in [-0.2, 0) is 16.2 Å². The van der Waals surface area contributed by atoms with Gasteiger partial charge in [-0.25, -0.2) is 0 Å². The Hall–Kier alpha value is -15.4.